The van der Waals surface area contributed by atoms with Gasteiger partial charge in [0.15, 0.2) is 0 Å². The maximum Gasteiger partial charge on any atom is 0.0818 e. The van der Waals surface area contributed by atoms with Crippen molar-refractivity contribution in [2.24, 2.45) is 0 Å². The van der Waals surface area contributed by atoms with Crippen molar-refractivity contribution in [3.8, 4) is 11.1 Å². The lowest BCUT2D eigenvalue weighted by Gasteiger charge is -2.22. The molecule has 0 saturated carbocycles. The Kier molecular flexibility index (Phi) is 3.01. The van der Waals surface area contributed by atoms with Gasteiger partial charge in [-0.15, -0.1) is 11.3 Å². The molecule has 0 unspecified atom stereocenters. The minimum absolute atomic E-state index is 0.473. The average Bonchev–Trinajstić information content (AvgIpc) is 3.16. The number of nitrogens with zero attached hydrogens (tertiary/aromatic N) is 3. The van der Waals surface area contributed by atoms with Gasteiger partial charge in [0.05, 0.1) is 28.0 Å². The highest BCUT2D eigenvalue weighted by Gasteiger charge is 2.16. The molecule has 2 aromatic heterocycles. The zero-order valence-electron chi connectivity index (χ0n) is 11.0. The van der Waals surface area contributed by atoms with E-state index in [1.165, 1.54) is 10.3 Å². The van der Waals surface area contributed by atoms with Crippen LogP contribution >= 0.6 is 11.3 Å². The van der Waals surface area contributed by atoms with Crippen LogP contribution in [0.15, 0.2) is 36.1 Å². The summed E-state index contributed by atoms with van der Waals surface area (Å²) in [4.78, 5) is 4.38. The molecule has 3 heterocycles. The van der Waals surface area contributed by atoms with Crippen LogP contribution in [0.2, 0.25) is 0 Å². The number of benzene rings is 1. The Hall–Kier alpha value is -1.72. The van der Waals surface area contributed by atoms with E-state index >= 15 is 0 Å². The van der Waals surface area contributed by atoms with E-state index in [9.17, 15) is 0 Å². The molecule has 5 heteroatoms. The molecular formula is C15H15N3OS. The van der Waals surface area contributed by atoms with Crippen LogP contribution in [-0.2, 0) is 4.74 Å². The van der Waals surface area contributed by atoms with Crippen molar-refractivity contribution >= 4 is 21.6 Å². The van der Waals surface area contributed by atoms with Gasteiger partial charge in [-0.3, -0.25) is 4.68 Å². The van der Waals surface area contributed by atoms with Crippen molar-refractivity contribution < 1.29 is 4.74 Å². The van der Waals surface area contributed by atoms with Gasteiger partial charge in [-0.05, 0) is 30.5 Å². The van der Waals surface area contributed by atoms with Crippen LogP contribution < -0.4 is 0 Å². The Bertz CT molecular complexity index is 727. The molecule has 0 aliphatic carbocycles. The third-order valence-corrected chi connectivity index (χ3v) is 4.64. The van der Waals surface area contributed by atoms with Gasteiger partial charge >= 0.3 is 0 Å². The number of rotatable bonds is 2. The Morgan fingerprint density at radius 1 is 1.20 bits per heavy atom. The molecule has 1 fully saturated rings. The van der Waals surface area contributed by atoms with E-state index in [0.29, 0.717) is 6.04 Å². The molecule has 0 radical (unpaired) electrons. The number of hydrogen-bond donors (Lipinski definition) is 0. The first-order chi connectivity index (χ1) is 9.90. The minimum atomic E-state index is 0.473. The molecule has 0 atom stereocenters. The predicted molar refractivity (Wildman–Crippen MR) is 79.9 cm³/mol. The molecule has 1 aromatic carbocycles. The first-order valence-corrected chi connectivity index (χ1v) is 7.74. The summed E-state index contributed by atoms with van der Waals surface area (Å²) in [5, 5.41) is 4.53. The van der Waals surface area contributed by atoms with Gasteiger partial charge in [0.25, 0.3) is 0 Å². The highest BCUT2D eigenvalue weighted by molar-refractivity contribution is 7.16. The fourth-order valence-electron chi connectivity index (χ4n) is 2.67. The van der Waals surface area contributed by atoms with Crippen molar-refractivity contribution in [2.45, 2.75) is 18.9 Å². The standard InChI is InChI=1S/C15H15N3OS/c1-2-15-14(16-10-20-15)7-11(1)12-8-17-18(9-12)13-3-5-19-6-4-13/h1-2,7-10,13H,3-6H2. The predicted octanol–water partition coefficient (Wildman–Crippen LogP) is 3.51. The topological polar surface area (TPSA) is 39.9 Å². The van der Waals surface area contributed by atoms with Gasteiger partial charge in [-0.2, -0.15) is 5.10 Å². The molecule has 0 N–H and O–H groups in total. The molecule has 3 aromatic rings. The Labute approximate surface area is 121 Å². The fraction of sp³-hybridized carbons (Fsp3) is 0.333. The van der Waals surface area contributed by atoms with Gasteiger partial charge < -0.3 is 4.74 Å². The third kappa shape index (κ3) is 2.13. The lowest BCUT2D eigenvalue weighted by Crippen LogP contribution is -2.19. The number of fused-ring (bicyclic) bond motifs is 1. The smallest absolute Gasteiger partial charge is 0.0818 e. The third-order valence-electron chi connectivity index (χ3n) is 3.83. The highest BCUT2D eigenvalue weighted by Crippen LogP contribution is 2.27. The van der Waals surface area contributed by atoms with E-state index in [1.807, 2.05) is 11.7 Å². The molecule has 102 valence electrons. The number of thiazole rings is 1. The zero-order valence-corrected chi connectivity index (χ0v) is 11.8. The van der Waals surface area contributed by atoms with Gasteiger partial charge in [0.2, 0.25) is 0 Å². The highest BCUT2D eigenvalue weighted by atomic mass is 32.1. The minimum Gasteiger partial charge on any atom is -0.381 e. The van der Waals surface area contributed by atoms with Crippen LogP contribution in [0.3, 0.4) is 0 Å². The maximum absolute atomic E-state index is 5.40. The van der Waals surface area contributed by atoms with E-state index in [0.717, 1.165) is 37.1 Å². The van der Waals surface area contributed by atoms with Crippen LogP contribution in [0, 0.1) is 0 Å². The Morgan fingerprint density at radius 3 is 3.00 bits per heavy atom. The molecule has 1 aliphatic heterocycles. The molecule has 0 spiro atoms. The Morgan fingerprint density at radius 2 is 2.10 bits per heavy atom. The molecule has 4 rings (SSSR count). The van der Waals surface area contributed by atoms with E-state index in [-0.39, 0.29) is 0 Å². The molecule has 20 heavy (non-hydrogen) atoms. The summed E-state index contributed by atoms with van der Waals surface area (Å²) in [6.45, 7) is 1.68. The van der Waals surface area contributed by atoms with Gasteiger partial charge in [-0.25, -0.2) is 4.98 Å². The van der Waals surface area contributed by atoms with E-state index in [2.05, 4.69) is 39.2 Å². The maximum atomic E-state index is 5.40. The first kappa shape index (κ1) is 12.1. The van der Waals surface area contributed by atoms with Crippen molar-refractivity contribution in [3.63, 3.8) is 0 Å². The van der Waals surface area contributed by atoms with Gasteiger partial charge in [0.1, 0.15) is 0 Å². The second kappa shape index (κ2) is 5.00. The first-order valence-electron chi connectivity index (χ1n) is 6.86. The summed E-state index contributed by atoms with van der Waals surface area (Å²) < 4.78 is 8.72. The van der Waals surface area contributed by atoms with E-state index in [4.69, 9.17) is 4.74 Å². The summed E-state index contributed by atoms with van der Waals surface area (Å²) in [6.07, 6.45) is 6.19. The monoisotopic (exact) mass is 285 g/mol. The second-order valence-corrected chi connectivity index (χ2v) is 5.97. The lowest BCUT2D eigenvalue weighted by atomic mass is 10.1. The zero-order chi connectivity index (χ0) is 13.4. The number of hydrogen-bond acceptors (Lipinski definition) is 4. The normalized spacial score (nSPS) is 16.8. The molecule has 1 aliphatic rings. The molecule has 4 nitrogen and oxygen atoms in total. The van der Waals surface area contributed by atoms with Crippen LogP contribution in [0.1, 0.15) is 18.9 Å². The van der Waals surface area contributed by atoms with Crippen LogP contribution in [0.4, 0.5) is 0 Å². The fourth-order valence-corrected chi connectivity index (χ4v) is 3.33. The van der Waals surface area contributed by atoms with Crippen LogP contribution in [-0.4, -0.2) is 28.0 Å². The van der Waals surface area contributed by atoms with Crippen molar-refractivity contribution in [2.75, 3.05) is 13.2 Å². The van der Waals surface area contributed by atoms with Gasteiger partial charge in [-0.1, -0.05) is 6.07 Å². The molecule has 0 amide bonds. The largest absolute Gasteiger partial charge is 0.381 e. The van der Waals surface area contributed by atoms with Crippen molar-refractivity contribution in [1.82, 2.24) is 14.8 Å². The summed E-state index contributed by atoms with van der Waals surface area (Å²) >= 11 is 1.67. The SMILES string of the molecule is c1nc2cc(-c3cnn(C4CCOCC4)c3)ccc2s1. The summed E-state index contributed by atoms with van der Waals surface area (Å²) in [6, 6.07) is 6.89. The number of ether oxygens (including phenoxy) is 1. The average molecular weight is 285 g/mol. The van der Waals surface area contributed by atoms with Crippen LogP contribution in [0.25, 0.3) is 21.3 Å². The van der Waals surface area contributed by atoms with Gasteiger partial charge in [0, 0.05) is 25.0 Å². The van der Waals surface area contributed by atoms with E-state index in [1.54, 1.807) is 11.3 Å². The summed E-state index contributed by atoms with van der Waals surface area (Å²) in [7, 11) is 0. The quantitative estimate of drug-likeness (QED) is 0.723. The second-order valence-electron chi connectivity index (χ2n) is 5.09. The lowest BCUT2D eigenvalue weighted by molar-refractivity contribution is 0.0662. The van der Waals surface area contributed by atoms with Crippen LogP contribution in [0.5, 0.6) is 0 Å². The Balaban J connectivity index is 1.66. The summed E-state index contributed by atoms with van der Waals surface area (Å²) in [5.41, 5.74) is 5.29. The number of aromatic nitrogens is 3. The van der Waals surface area contributed by atoms with Crippen molar-refractivity contribution in [3.05, 3.63) is 36.1 Å². The molecule has 1 saturated heterocycles. The van der Waals surface area contributed by atoms with E-state index < -0.39 is 0 Å². The molecular weight excluding hydrogens is 270 g/mol. The van der Waals surface area contributed by atoms with Crippen molar-refractivity contribution in [1.29, 1.82) is 0 Å². The summed E-state index contributed by atoms with van der Waals surface area (Å²) in [5.74, 6) is 0. The molecule has 0 bridgehead atoms.